The van der Waals surface area contributed by atoms with E-state index >= 15 is 0 Å². The molecule has 1 aromatic carbocycles. The molecule has 0 aromatic heterocycles. The highest BCUT2D eigenvalue weighted by atomic mass is 16.3. The van der Waals surface area contributed by atoms with Crippen molar-refractivity contribution < 1.29 is 5.11 Å². The van der Waals surface area contributed by atoms with Crippen molar-refractivity contribution >= 4 is 0 Å². The Hall–Kier alpha value is -1.53. The number of hydrogen-bond donors (Lipinski definition) is 1. The number of fused-ring (bicyclic) bond motifs is 4. The molecule has 0 unspecified atom stereocenters. The summed E-state index contributed by atoms with van der Waals surface area (Å²) in [7, 11) is 0. The highest BCUT2D eigenvalue weighted by molar-refractivity contribution is 5.44. The Morgan fingerprint density at radius 3 is 3.05 bits per heavy atom. The van der Waals surface area contributed by atoms with E-state index in [2.05, 4.69) is 30.9 Å². The van der Waals surface area contributed by atoms with Crippen LogP contribution in [0.1, 0.15) is 44.2 Å². The first kappa shape index (κ1) is 14.4. The van der Waals surface area contributed by atoms with Gasteiger partial charge in [0.2, 0.25) is 0 Å². The van der Waals surface area contributed by atoms with Crippen molar-refractivity contribution in [2.24, 2.45) is 5.92 Å². The minimum Gasteiger partial charge on any atom is -0.508 e. The highest BCUT2D eigenvalue weighted by Crippen LogP contribution is 2.49. The molecule has 3 atom stereocenters. The average Bonchev–Trinajstić information content (AvgIpc) is 2.46. The number of likely N-dealkylation sites (tertiary alicyclic amines) is 1. The van der Waals surface area contributed by atoms with Crippen LogP contribution in [-0.4, -0.2) is 29.1 Å². The van der Waals surface area contributed by atoms with E-state index in [1.807, 2.05) is 12.1 Å². The van der Waals surface area contributed by atoms with E-state index in [0.29, 0.717) is 24.1 Å². The van der Waals surface area contributed by atoms with Crippen LogP contribution in [0.5, 0.6) is 5.75 Å². The number of benzene rings is 1. The number of hydrogen-bond acceptors (Lipinski definition) is 3. The smallest absolute Gasteiger partial charge is 0.115 e. The molecule has 2 aliphatic rings. The van der Waals surface area contributed by atoms with Crippen LogP contribution in [0.2, 0.25) is 0 Å². The van der Waals surface area contributed by atoms with Crippen LogP contribution >= 0.6 is 0 Å². The molecule has 1 fully saturated rings. The molecule has 1 aliphatic heterocycles. The lowest BCUT2D eigenvalue weighted by Crippen LogP contribution is -2.58. The van der Waals surface area contributed by atoms with E-state index in [-0.39, 0.29) is 5.41 Å². The summed E-state index contributed by atoms with van der Waals surface area (Å²) in [4.78, 5) is 2.58. The summed E-state index contributed by atoms with van der Waals surface area (Å²) in [5, 5.41) is 18.6. The monoisotopic (exact) mass is 284 g/mol. The summed E-state index contributed by atoms with van der Waals surface area (Å²) in [6, 6.07) is 8.71. The third kappa shape index (κ3) is 2.32. The Bertz CT molecular complexity index is 577. The average molecular weight is 284 g/mol. The summed E-state index contributed by atoms with van der Waals surface area (Å²) >= 11 is 0. The second-order valence-corrected chi connectivity index (χ2v) is 6.87. The summed E-state index contributed by atoms with van der Waals surface area (Å²) in [5.41, 5.74) is 2.91. The lowest BCUT2D eigenvalue weighted by atomic mass is 9.59. The lowest BCUT2D eigenvalue weighted by molar-refractivity contribution is 0.0309. The fourth-order valence-electron chi connectivity index (χ4n) is 4.33. The van der Waals surface area contributed by atoms with Crippen LogP contribution in [-0.2, 0) is 11.8 Å². The quantitative estimate of drug-likeness (QED) is 0.867. The van der Waals surface area contributed by atoms with Gasteiger partial charge in [-0.25, -0.2) is 0 Å². The molecular weight excluding hydrogens is 260 g/mol. The first-order chi connectivity index (χ1) is 10.1. The maximum absolute atomic E-state index is 9.84. The van der Waals surface area contributed by atoms with Crippen molar-refractivity contribution in [3.8, 4) is 11.8 Å². The third-order valence-electron chi connectivity index (χ3n) is 5.84. The van der Waals surface area contributed by atoms with Gasteiger partial charge in [0.1, 0.15) is 5.75 Å². The molecule has 1 saturated heterocycles. The van der Waals surface area contributed by atoms with Gasteiger partial charge in [-0.05, 0) is 66.9 Å². The fourth-order valence-corrected chi connectivity index (χ4v) is 4.33. The number of piperidine rings is 1. The molecule has 3 rings (SSSR count). The molecule has 1 heterocycles. The van der Waals surface area contributed by atoms with Crippen molar-refractivity contribution in [3.05, 3.63) is 29.3 Å². The molecule has 2 bridgehead atoms. The van der Waals surface area contributed by atoms with Crippen LogP contribution in [0.25, 0.3) is 0 Å². The predicted molar refractivity (Wildman–Crippen MR) is 83.2 cm³/mol. The molecule has 0 radical (unpaired) electrons. The van der Waals surface area contributed by atoms with Gasteiger partial charge >= 0.3 is 0 Å². The van der Waals surface area contributed by atoms with Crippen molar-refractivity contribution in [2.75, 3.05) is 13.1 Å². The van der Waals surface area contributed by atoms with Gasteiger partial charge in [0, 0.05) is 12.5 Å². The number of nitriles is 1. The normalized spacial score (nSPS) is 31.5. The fraction of sp³-hybridized carbons (Fsp3) is 0.611. The van der Waals surface area contributed by atoms with Crippen LogP contribution in [0.4, 0.5) is 0 Å². The van der Waals surface area contributed by atoms with Gasteiger partial charge in [0.15, 0.2) is 0 Å². The first-order valence-corrected chi connectivity index (χ1v) is 7.99. The molecule has 3 heteroatoms. The van der Waals surface area contributed by atoms with Gasteiger partial charge in [-0.1, -0.05) is 19.9 Å². The van der Waals surface area contributed by atoms with Gasteiger partial charge in [-0.2, -0.15) is 5.26 Å². The largest absolute Gasteiger partial charge is 0.508 e. The number of unbranched alkanes of at least 4 members (excludes halogenated alkanes) is 1. The van der Waals surface area contributed by atoms with E-state index in [9.17, 15) is 5.11 Å². The topological polar surface area (TPSA) is 47.3 Å². The number of rotatable bonds is 3. The predicted octanol–water partition coefficient (Wildman–Crippen LogP) is 3.22. The van der Waals surface area contributed by atoms with Gasteiger partial charge in [-0.3, -0.25) is 4.90 Å². The second-order valence-electron chi connectivity index (χ2n) is 6.87. The third-order valence-corrected chi connectivity index (χ3v) is 5.84. The minimum absolute atomic E-state index is 0.169. The molecule has 112 valence electrons. The number of phenolic OH excluding ortho intramolecular Hbond substituents is 1. The molecular formula is C18H24N2O. The number of phenols is 1. The maximum Gasteiger partial charge on any atom is 0.115 e. The summed E-state index contributed by atoms with van der Waals surface area (Å²) < 4.78 is 0. The second kappa shape index (κ2) is 5.35. The van der Waals surface area contributed by atoms with Gasteiger partial charge in [-0.15, -0.1) is 0 Å². The van der Waals surface area contributed by atoms with E-state index in [0.717, 1.165) is 32.4 Å². The maximum atomic E-state index is 9.84. The van der Waals surface area contributed by atoms with Gasteiger partial charge in [0.25, 0.3) is 0 Å². The number of nitrogens with zero attached hydrogens (tertiary/aromatic N) is 2. The van der Waals surface area contributed by atoms with Crippen LogP contribution in [0, 0.1) is 17.2 Å². The van der Waals surface area contributed by atoms with Crippen LogP contribution < -0.4 is 0 Å². The van der Waals surface area contributed by atoms with Crippen LogP contribution in [0.15, 0.2) is 18.2 Å². The molecule has 1 aromatic rings. The molecule has 0 amide bonds. The van der Waals surface area contributed by atoms with E-state index < -0.39 is 0 Å². The van der Waals surface area contributed by atoms with Crippen molar-refractivity contribution in [2.45, 2.75) is 51.0 Å². The molecule has 21 heavy (non-hydrogen) atoms. The van der Waals surface area contributed by atoms with Crippen molar-refractivity contribution in [1.82, 2.24) is 4.90 Å². The molecule has 1 N–H and O–H groups in total. The minimum atomic E-state index is 0.169. The SMILES string of the molecule is C[C@H]1[C@H]2Cc3ccc(O)cc3[C@@]1(C)CCN2CCCC#N. The van der Waals surface area contributed by atoms with Gasteiger partial charge < -0.3 is 5.11 Å². The van der Waals surface area contributed by atoms with Crippen molar-refractivity contribution in [1.29, 1.82) is 5.26 Å². The van der Waals surface area contributed by atoms with E-state index in [4.69, 9.17) is 5.26 Å². The Kier molecular flexibility index (Phi) is 3.67. The van der Waals surface area contributed by atoms with E-state index in [1.165, 1.54) is 11.1 Å². The lowest BCUT2D eigenvalue weighted by Gasteiger charge is -2.54. The zero-order chi connectivity index (χ0) is 15.0. The Morgan fingerprint density at radius 1 is 1.48 bits per heavy atom. The molecule has 1 aliphatic carbocycles. The Morgan fingerprint density at radius 2 is 2.29 bits per heavy atom. The molecule has 0 saturated carbocycles. The van der Waals surface area contributed by atoms with Crippen LogP contribution in [0.3, 0.4) is 0 Å². The standard InChI is InChI=1S/C18H24N2O/c1-13-17-11-14-5-6-15(21)12-16(14)18(13,2)7-10-20(17)9-4-3-8-19/h5-6,12-13,17,21H,3-4,7,9-11H2,1-2H3/t13-,17+,18-/m0/s1. The zero-order valence-corrected chi connectivity index (χ0v) is 13.0. The summed E-state index contributed by atoms with van der Waals surface area (Å²) in [5.74, 6) is 0.972. The zero-order valence-electron chi connectivity index (χ0n) is 13.0. The molecule has 3 nitrogen and oxygen atoms in total. The number of aromatic hydroxyl groups is 1. The van der Waals surface area contributed by atoms with Crippen molar-refractivity contribution in [3.63, 3.8) is 0 Å². The Balaban J connectivity index is 1.89. The first-order valence-electron chi connectivity index (χ1n) is 7.99. The van der Waals surface area contributed by atoms with Gasteiger partial charge in [0.05, 0.1) is 6.07 Å². The van der Waals surface area contributed by atoms with E-state index in [1.54, 1.807) is 0 Å². The highest BCUT2D eigenvalue weighted by Gasteiger charge is 2.48. The molecule has 0 spiro atoms. The summed E-state index contributed by atoms with van der Waals surface area (Å²) in [6.07, 6.45) is 3.82. The Labute approximate surface area is 127 Å². The summed E-state index contributed by atoms with van der Waals surface area (Å²) in [6.45, 7) is 6.85.